The fourth-order valence-corrected chi connectivity index (χ4v) is 4.14. The fourth-order valence-electron chi connectivity index (χ4n) is 2.72. The summed E-state index contributed by atoms with van der Waals surface area (Å²) in [5.74, 6) is -0.340. The van der Waals surface area contributed by atoms with Crippen LogP contribution >= 0.6 is 23.6 Å². The third-order valence-electron chi connectivity index (χ3n) is 3.66. The second-order valence-corrected chi connectivity index (χ2v) is 7.27. The van der Waals surface area contributed by atoms with E-state index in [1.54, 1.807) is 0 Å². The molecule has 0 amide bonds. The third kappa shape index (κ3) is 4.13. The van der Waals surface area contributed by atoms with Crippen molar-refractivity contribution in [3.63, 3.8) is 0 Å². The Balaban J connectivity index is 2.24. The fraction of sp³-hybridized carbons (Fsp3) is 0.333. The first-order chi connectivity index (χ1) is 11.3. The Morgan fingerprint density at radius 1 is 1.17 bits per heavy atom. The van der Waals surface area contributed by atoms with Crippen LogP contribution in [0.2, 0.25) is 0 Å². The van der Waals surface area contributed by atoms with Crippen LogP contribution < -0.4 is 10.6 Å². The summed E-state index contributed by atoms with van der Waals surface area (Å²) >= 11 is 6.92. The number of esters is 1. The number of hydrogen-bond donors (Lipinski definition) is 2. The average molecular weight is 363 g/mol. The van der Waals surface area contributed by atoms with E-state index in [0.29, 0.717) is 10.7 Å². The molecule has 4 nitrogen and oxygen atoms in total. The highest BCUT2D eigenvalue weighted by Crippen LogP contribution is 2.34. The van der Waals surface area contributed by atoms with Gasteiger partial charge in [-0.3, -0.25) is 0 Å². The lowest BCUT2D eigenvalue weighted by Gasteiger charge is -2.12. The summed E-state index contributed by atoms with van der Waals surface area (Å²) in [5, 5.41) is 7.50. The van der Waals surface area contributed by atoms with Gasteiger partial charge in [-0.05, 0) is 68.2 Å². The molecule has 0 bridgehead atoms. The van der Waals surface area contributed by atoms with Gasteiger partial charge in [0.2, 0.25) is 0 Å². The lowest BCUT2D eigenvalue weighted by molar-refractivity contribution is 0.0601. The first-order valence-electron chi connectivity index (χ1n) is 7.72. The van der Waals surface area contributed by atoms with Crippen molar-refractivity contribution in [3.8, 4) is 0 Å². The van der Waals surface area contributed by atoms with E-state index < -0.39 is 0 Å². The molecule has 2 N–H and O–H groups in total. The summed E-state index contributed by atoms with van der Waals surface area (Å²) in [7, 11) is 1.39. The van der Waals surface area contributed by atoms with Crippen molar-refractivity contribution in [2.45, 2.75) is 34.1 Å². The highest BCUT2D eigenvalue weighted by molar-refractivity contribution is 7.80. The predicted molar refractivity (Wildman–Crippen MR) is 106 cm³/mol. The second kappa shape index (κ2) is 7.77. The van der Waals surface area contributed by atoms with Gasteiger partial charge in [0.25, 0.3) is 0 Å². The van der Waals surface area contributed by atoms with Gasteiger partial charge in [-0.1, -0.05) is 13.0 Å². The molecule has 2 rings (SSSR count). The van der Waals surface area contributed by atoms with Gasteiger partial charge in [0.15, 0.2) is 5.11 Å². The zero-order chi connectivity index (χ0) is 17.9. The van der Waals surface area contributed by atoms with Crippen molar-refractivity contribution >= 4 is 45.3 Å². The van der Waals surface area contributed by atoms with E-state index in [4.69, 9.17) is 17.0 Å². The van der Waals surface area contributed by atoms with Crippen LogP contribution in [0.25, 0.3) is 0 Å². The summed E-state index contributed by atoms with van der Waals surface area (Å²) in [6, 6.07) is 6.16. The summed E-state index contributed by atoms with van der Waals surface area (Å²) in [5.41, 5.74) is 4.83. The van der Waals surface area contributed by atoms with Gasteiger partial charge < -0.3 is 15.4 Å². The van der Waals surface area contributed by atoms with E-state index in [2.05, 4.69) is 16.7 Å². The molecule has 0 aliphatic heterocycles. The number of ether oxygens (including phenoxy) is 1. The smallest absolute Gasteiger partial charge is 0.341 e. The Hall–Kier alpha value is -1.92. The molecule has 0 fully saturated rings. The van der Waals surface area contributed by atoms with Crippen LogP contribution in [0.5, 0.6) is 0 Å². The maximum Gasteiger partial charge on any atom is 0.341 e. The zero-order valence-corrected chi connectivity index (χ0v) is 16.2. The van der Waals surface area contributed by atoms with Crippen LogP contribution in [-0.2, 0) is 11.2 Å². The molecule has 0 radical (unpaired) electrons. The number of thiocarbonyl (C=S) groups is 1. The third-order valence-corrected chi connectivity index (χ3v) is 4.93. The molecule has 1 aromatic heterocycles. The van der Waals surface area contributed by atoms with Gasteiger partial charge in [-0.2, -0.15) is 0 Å². The first kappa shape index (κ1) is 18.4. The predicted octanol–water partition coefficient (Wildman–Crippen LogP) is 4.83. The van der Waals surface area contributed by atoms with Crippen LogP contribution in [0.3, 0.4) is 0 Å². The molecule has 0 saturated heterocycles. The Morgan fingerprint density at radius 3 is 2.33 bits per heavy atom. The number of anilines is 2. The molecule has 0 spiro atoms. The summed E-state index contributed by atoms with van der Waals surface area (Å²) in [6.45, 7) is 8.11. The molecular weight excluding hydrogens is 340 g/mol. The molecule has 6 heteroatoms. The number of carbonyl (C=O) groups is 1. The highest BCUT2D eigenvalue weighted by atomic mass is 32.1. The summed E-state index contributed by atoms with van der Waals surface area (Å²) < 4.78 is 4.93. The van der Waals surface area contributed by atoms with Gasteiger partial charge >= 0.3 is 5.97 Å². The van der Waals surface area contributed by atoms with Crippen molar-refractivity contribution < 1.29 is 9.53 Å². The molecule has 0 aliphatic rings. The number of thiophene rings is 1. The molecular formula is C18H22N2O2S2. The Morgan fingerprint density at radius 2 is 1.79 bits per heavy atom. The largest absolute Gasteiger partial charge is 0.465 e. The number of rotatable bonds is 4. The molecule has 2 aromatic rings. The molecule has 1 heterocycles. The summed E-state index contributed by atoms with van der Waals surface area (Å²) in [6.07, 6.45) is 0.770. The van der Waals surface area contributed by atoms with Crippen LogP contribution in [0.4, 0.5) is 10.7 Å². The number of methoxy groups -OCH3 is 1. The highest BCUT2D eigenvalue weighted by Gasteiger charge is 2.22. The minimum atomic E-state index is -0.340. The lowest BCUT2D eigenvalue weighted by atomic mass is 10.1. The van der Waals surface area contributed by atoms with E-state index in [0.717, 1.165) is 38.7 Å². The van der Waals surface area contributed by atoms with Gasteiger partial charge in [-0.15, -0.1) is 11.3 Å². The van der Waals surface area contributed by atoms with Crippen molar-refractivity contribution in [1.29, 1.82) is 0 Å². The summed E-state index contributed by atoms with van der Waals surface area (Å²) in [4.78, 5) is 13.2. The van der Waals surface area contributed by atoms with Crippen LogP contribution in [0.15, 0.2) is 18.2 Å². The monoisotopic (exact) mass is 362 g/mol. The molecule has 0 atom stereocenters. The quantitative estimate of drug-likeness (QED) is 0.602. The molecule has 0 unspecified atom stereocenters. The topological polar surface area (TPSA) is 50.4 Å². The maximum absolute atomic E-state index is 12.1. The van der Waals surface area contributed by atoms with E-state index in [-0.39, 0.29) is 5.97 Å². The standard InChI is InChI=1S/C18H22N2O2S2/c1-6-14-12(4)24-16(15(14)17(21)22-5)20-18(23)19-13-8-10(2)7-11(3)9-13/h7-9H,6H2,1-5H3,(H2,19,20,23). The maximum atomic E-state index is 12.1. The number of nitrogens with one attached hydrogen (secondary N) is 2. The van der Waals surface area contributed by atoms with Crippen molar-refractivity contribution in [2.75, 3.05) is 17.7 Å². The van der Waals surface area contributed by atoms with Gasteiger partial charge in [0, 0.05) is 10.6 Å². The number of aryl methyl sites for hydroxylation is 3. The number of hydrogen-bond acceptors (Lipinski definition) is 4. The molecule has 0 saturated carbocycles. The molecule has 128 valence electrons. The van der Waals surface area contributed by atoms with Crippen LogP contribution in [-0.4, -0.2) is 18.2 Å². The lowest BCUT2D eigenvalue weighted by Crippen LogP contribution is -2.20. The van der Waals surface area contributed by atoms with Gasteiger partial charge in [-0.25, -0.2) is 4.79 Å². The molecule has 1 aromatic carbocycles. The zero-order valence-electron chi connectivity index (χ0n) is 14.6. The minimum Gasteiger partial charge on any atom is -0.465 e. The van der Waals surface area contributed by atoms with E-state index >= 15 is 0 Å². The minimum absolute atomic E-state index is 0.340. The Bertz CT molecular complexity index is 761. The molecule has 24 heavy (non-hydrogen) atoms. The number of benzene rings is 1. The Kier molecular flexibility index (Phi) is 5.96. The first-order valence-corrected chi connectivity index (χ1v) is 8.95. The van der Waals surface area contributed by atoms with Crippen molar-refractivity contribution in [3.05, 3.63) is 45.3 Å². The van der Waals surface area contributed by atoms with E-state index in [1.165, 1.54) is 18.4 Å². The average Bonchev–Trinajstić information content (AvgIpc) is 2.80. The van der Waals surface area contributed by atoms with Crippen LogP contribution in [0, 0.1) is 20.8 Å². The second-order valence-electron chi connectivity index (χ2n) is 5.64. The van der Waals surface area contributed by atoms with E-state index in [1.807, 2.05) is 39.8 Å². The normalized spacial score (nSPS) is 10.4. The van der Waals surface area contributed by atoms with Crippen molar-refractivity contribution in [2.24, 2.45) is 0 Å². The van der Waals surface area contributed by atoms with Crippen molar-refractivity contribution in [1.82, 2.24) is 0 Å². The van der Waals surface area contributed by atoms with E-state index in [9.17, 15) is 4.79 Å². The van der Waals surface area contributed by atoms with Crippen LogP contribution in [0.1, 0.15) is 38.8 Å². The number of carbonyl (C=O) groups excluding carboxylic acids is 1. The van der Waals surface area contributed by atoms with Gasteiger partial charge in [0.1, 0.15) is 5.00 Å². The van der Waals surface area contributed by atoms with Gasteiger partial charge in [0.05, 0.1) is 12.7 Å². The SMILES string of the molecule is CCc1c(C)sc(NC(=S)Nc2cc(C)cc(C)c2)c1C(=O)OC. The molecule has 0 aliphatic carbocycles. The Labute approximate surface area is 152 Å².